The molecule has 0 aromatic carbocycles. The molecule has 1 aliphatic rings. The van der Waals surface area contributed by atoms with E-state index in [-0.39, 0.29) is 6.04 Å². The summed E-state index contributed by atoms with van der Waals surface area (Å²) in [5, 5.41) is 0. The van der Waals surface area contributed by atoms with Crippen molar-refractivity contribution in [3.8, 4) is 0 Å². The van der Waals surface area contributed by atoms with Crippen LogP contribution in [0, 0.1) is 0 Å². The van der Waals surface area contributed by atoms with Gasteiger partial charge in [-0.1, -0.05) is 0 Å². The lowest BCUT2D eigenvalue weighted by Gasteiger charge is -2.37. The van der Waals surface area contributed by atoms with Crippen molar-refractivity contribution in [1.29, 1.82) is 0 Å². The number of carbonyl (C=O) groups excluding carboxylic acids is 2. The minimum absolute atomic E-state index is 0.0659. The number of rotatable bonds is 2. The maximum atomic E-state index is 12.2. The molecular weight excluding hydrogens is 234 g/mol. The van der Waals surface area contributed by atoms with Crippen LogP contribution in [0.4, 0.5) is 0 Å². The van der Waals surface area contributed by atoms with E-state index < -0.39 is 23.1 Å². The Kier molecular flexibility index (Phi) is 4.37. The van der Waals surface area contributed by atoms with Crippen molar-refractivity contribution in [2.45, 2.75) is 70.6 Å². The van der Waals surface area contributed by atoms with E-state index >= 15 is 0 Å². The van der Waals surface area contributed by atoms with Crippen LogP contribution in [0.25, 0.3) is 0 Å². The Hall–Kier alpha value is -1.10. The molecule has 104 valence electrons. The molecule has 18 heavy (non-hydrogen) atoms. The molecule has 0 saturated heterocycles. The SMILES string of the molecule is CC(=O)OC1(C(=O)OC(C)(C)C)CCC(N)CC1. The zero-order valence-electron chi connectivity index (χ0n) is 11.6. The zero-order chi connectivity index (χ0) is 14.0. The summed E-state index contributed by atoms with van der Waals surface area (Å²) in [7, 11) is 0. The Balaban J connectivity index is 2.84. The summed E-state index contributed by atoms with van der Waals surface area (Å²) in [6.07, 6.45) is 2.18. The van der Waals surface area contributed by atoms with E-state index in [0.29, 0.717) is 25.7 Å². The third-order valence-corrected chi connectivity index (χ3v) is 2.95. The van der Waals surface area contributed by atoms with E-state index in [1.54, 1.807) is 20.8 Å². The molecule has 0 aromatic rings. The van der Waals surface area contributed by atoms with E-state index in [2.05, 4.69) is 0 Å². The van der Waals surface area contributed by atoms with Crippen LogP contribution in [0.5, 0.6) is 0 Å². The zero-order valence-corrected chi connectivity index (χ0v) is 11.6. The maximum Gasteiger partial charge on any atom is 0.351 e. The average Bonchev–Trinajstić information content (AvgIpc) is 2.18. The van der Waals surface area contributed by atoms with Crippen molar-refractivity contribution < 1.29 is 19.1 Å². The maximum absolute atomic E-state index is 12.2. The van der Waals surface area contributed by atoms with Gasteiger partial charge in [0.05, 0.1) is 0 Å². The highest BCUT2D eigenvalue weighted by Crippen LogP contribution is 2.33. The molecule has 0 bridgehead atoms. The van der Waals surface area contributed by atoms with E-state index in [4.69, 9.17) is 15.2 Å². The van der Waals surface area contributed by atoms with Gasteiger partial charge in [-0.2, -0.15) is 0 Å². The standard InChI is InChI=1S/C13H23NO4/c1-9(15)17-13(7-5-10(14)6-8-13)11(16)18-12(2,3)4/h10H,5-8,14H2,1-4H3. The highest BCUT2D eigenvalue weighted by molar-refractivity contribution is 5.83. The van der Waals surface area contributed by atoms with Gasteiger partial charge >= 0.3 is 11.9 Å². The molecule has 0 heterocycles. The molecule has 1 aliphatic carbocycles. The van der Waals surface area contributed by atoms with Crippen LogP contribution in [-0.4, -0.2) is 29.2 Å². The van der Waals surface area contributed by atoms with Crippen LogP contribution in [0.1, 0.15) is 53.4 Å². The predicted molar refractivity (Wildman–Crippen MR) is 66.8 cm³/mol. The van der Waals surface area contributed by atoms with Crippen LogP contribution in [0.15, 0.2) is 0 Å². The topological polar surface area (TPSA) is 78.6 Å². The molecular formula is C13H23NO4. The van der Waals surface area contributed by atoms with Gasteiger partial charge in [-0.05, 0) is 46.5 Å². The summed E-state index contributed by atoms with van der Waals surface area (Å²) in [6.45, 7) is 6.68. The van der Waals surface area contributed by atoms with E-state index in [1.807, 2.05) is 0 Å². The normalized spacial score (nSPS) is 28.6. The summed E-state index contributed by atoms with van der Waals surface area (Å²) < 4.78 is 10.6. The molecule has 0 aromatic heterocycles. The van der Waals surface area contributed by atoms with Crippen molar-refractivity contribution in [1.82, 2.24) is 0 Å². The van der Waals surface area contributed by atoms with Gasteiger partial charge in [0.15, 0.2) is 0 Å². The van der Waals surface area contributed by atoms with Crippen LogP contribution in [0.3, 0.4) is 0 Å². The number of ether oxygens (including phenoxy) is 2. The van der Waals surface area contributed by atoms with Crippen molar-refractivity contribution in [3.05, 3.63) is 0 Å². The number of hydrogen-bond acceptors (Lipinski definition) is 5. The molecule has 5 heteroatoms. The summed E-state index contributed by atoms with van der Waals surface area (Å²) in [6, 6.07) is 0.0659. The second kappa shape index (κ2) is 5.26. The summed E-state index contributed by atoms with van der Waals surface area (Å²) >= 11 is 0. The lowest BCUT2D eigenvalue weighted by atomic mass is 9.82. The van der Waals surface area contributed by atoms with Crippen molar-refractivity contribution >= 4 is 11.9 Å². The Morgan fingerprint density at radius 3 is 2.11 bits per heavy atom. The number of carbonyl (C=O) groups is 2. The van der Waals surface area contributed by atoms with Gasteiger partial charge in [0.25, 0.3) is 0 Å². The predicted octanol–water partition coefficient (Wildman–Crippen LogP) is 1.53. The summed E-state index contributed by atoms with van der Waals surface area (Å²) in [5.41, 5.74) is 4.08. The smallest absolute Gasteiger partial charge is 0.351 e. The first-order chi connectivity index (χ1) is 8.15. The molecule has 2 N–H and O–H groups in total. The quantitative estimate of drug-likeness (QED) is 0.759. The molecule has 1 fully saturated rings. The summed E-state index contributed by atoms with van der Waals surface area (Å²) in [5.74, 6) is -0.923. The Morgan fingerprint density at radius 1 is 1.22 bits per heavy atom. The monoisotopic (exact) mass is 257 g/mol. The molecule has 5 nitrogen and oxygen atoms in total. The van der Waals surface area contributed by atoms with Gasteiger partial charge < -0.3 is 15.2 Å². The molecule has 0 unspecified atom stereocenters. The highest BCUT2D eigenvalue weighted by atomic mass is 16.6. The molecule has 1 saturated carbocycles. The van der Waals surface area contributed by atoms with E-state index in [0.717, 1.165) is 0 Å². The van der Waals surface area contributed by atoms with Gasteiger partial charge in [-0.25, -0.2) is 4.79 Å². The first kappa shape index (κ1) is 15.0. The Labute approximate surface area is 108 Å². The third-order valence-electron chi connectivity index (χ3n) is 2.95. The number of nitrogens with two attached hydrogens (primary N) is 1. The minimum Gasteiger partial charge on any atom is -0.457 e. The molecule has 0 atom stereocenters. The Bertz CT molecular complexity index is 324. The molecule has 1 rings (SSSR count). The number of esters is 2. The van der Waals surface area contributed by atoms with Crippen molar-refractivity contribution in [2.24, 2.45) is 5.73 Å². The fourth-order valence-electron chi connectivity index (χ4n) is 2.10. The van der Waals surface area contributed by atoms with Gasteiger partial charge in [0.2, 0.25) is 5.60 Å². The summed E-state index contributed by atoms with van der Waals surface area (Å²) in [4.78, 5) is 23.4. The van der Waals surface area contributed by atoms with Crippen LogP contribution in [-0.2, 0) is 19.1 Å². The highest BCUT2D eigenvalue weighted by Gasteiger charge is 2.47. The third kappa shape index (κ3) is 3.98. The van der Waals surface area contributed by atoms with Crippen molar-refractivity contribution in [2.75, 3.05) is 0 Å². The first-order valence-corrected chi connectivity index (χ1v) is 6.33. The van der Waals surface area contributed by atoms with Gasteiger partial charge in [-0.15, -0.1) is 0 Å². The van der Waals surface area contributed by atoms with Crippen molar-refractivity contribution in [3.63, 3.8) is 0 Å². The van der Waals surface area contributed by atoms with E-state index in [1.165, 1.54) is 6.92 Å². The van der Waals surface area contributed by atoms with Gasteiger partial charge in [0.1, 0.15) is 5.60 Å². The molecule has 0 amide bonds. The van der Waals surface area contributed by atoms with Crippen LogP contribution >= 0.6 is 0 Å². The van der Waals surface area contributed by atoms with E-state index in [9.17, 15) is 9.59 Å². The molecule has 0 spiro atoms. The Morgan fingerprint density at radius 2 is 1.72 bits per heavy atom. The second-order valence-corrected chi connectivity index (χ2v) is 5.93. The largest absolute Gasteiger partial charge is 0.457 e. The minimum atomic E-state index is -1.14. The fourth-order valence-corrected chi connectivity index (χ4v) is 2.10. The average molecular weight is 257 g/mol. The van der Waals surface area contributed by atoms with Gasteiger partial charge in [0, 0.05) is 13.0 Å². The molecule has 0 radical (unpaired) electrons. The lowest BCUT2D eigenvalue weighted by Crippen LogP contribution is -2.50. The second-order valence-electron chi connectivity index (χ2n) is 5.93. The first-order valence-electron chi connectivity index (χ1n) is 6.33. The lowest BCUT2D eigenvalue weighted by molar-refractivity contribution is -0.194. The molecule has 0 aliphatic heterocycles. The van der Waals surface area contributed by atoms with Gasteiger partial charge in [-0.3, -0.25) is 4.79 Å². The number of hydrogen-bond donors (Lipinski definition) is 1. The van der Waals surface area contributed by atoms with Crippen LogP contribution < -0.4 is 5.73 Å². The fraction of sp³-hybridized carbons (Fsp3) is 0.846. The van der Waals surface area contributed by atoms with Crippen LogP contribution in [0.2, 0.25) is 0 Å².